The van der Waals surface area contributed by atoms with Crippen LogP contribution in [0.1, 0.15) is 25.7 Å². The van der Waals surface area contributed by atoms with Crippen LogP contribution >= 0.6 is 0 Å². The van der Waals surface area contributed by atoms with Gasteiger partial charge in [0.15, 0.2) is 5.60 Å². The van der Waals surface area contributed by atoms with Crippen molar-refractivity contribution in [2.75, 3.05) is 6.54 Å². The van der Waals surface area contributed by atoms with Crippen molar-refractivity contribution in [1.82, 2.24) is 4.90 Å². The monoisotopic (exact) mass is 221 g/mol. The summed E-state index contributed by atoms with van der Waals surface area (Å²) in [6, 6.07) is 0.544. The number of hydrogen-bond donors (Lipinski definition) is 1. The third kappa shape index (κ3) is 0.870. The summed E-state index contributed by atoms with van der Waals surface area (Å²) in [5, 5.41) is 10.1. The lowest BCUT2D eigenvalue weighted by atomic mass is 9.67. The molecule has 1 aliphatic carbocycles. The van der Waals surface area contributed by atoms with Crippen LogP contribution in [0.15, 0.2) is 11.6 Å². The van der Waals surface area contributed by atoms with Crippen LogP contribution in [0.2, 0.25) is 0 Å². The molecule has 4 heterocycles. The third-order valence-corrected chi connectivity index (χ3v) is 4.76. The van der Waals surface area contributed by atoms with Crippen molar-refractivity contribution in [2.45, 2.75) is 49.5 Å². The number of fused-ring (bicyclic) bond motifs is 1. The minimum absolute atomic E-state index is 0.211. The van der Waals surface area contributed by atoms with E-state index in [9.17, 15) is 9.90 Å². The Labute approximate surface area is 93.9 Å². The predicted octanol–water partition coefficient (Wildman–Crippen LogP) is 0.210. The molecule has 2 bridgehead atoms. The number of nitrogens with zero attached hydrogens (tertiary/aromatic N) is 1. The first-order valence-corrected chi connectivity index (χ1v) is 6.08. The molecule has 4 fully saturated rings. The summed E-state index contributed by atoms with van der Waals surface area (Å²) in [5.41, 5.74) is 0.665. The van der Waals surface area contributed by atoms with E-state index in [1.165, 1.54) is 0 Å². The molecule has 4 aliphatic heterocycles. The Morgan fingerprint density at radius 3 is 3.31 bits per heavy atom. The Morgan fingerprint density at radius 2 is 2.44 bits per heavy atom. The highest BCUT2D eigenvalue weighted by Crippen LogP contribution is 2.53. The fourth-order valence-corrected chi connectivity index (χ4v) is 4.19. The van der Waals surface area contributed by atoms with Gasteiger partial charge in [-0.15, -0.1) is 0 Å². The summed E-state index contributed by atoms with van der Waals surface area (Å²) in [7, 11) is 0. The maximum absolute atomic E-state index is 11.5. The average molecular weight is 221 g/mol. The highest BCUT2D eigenvalue weighted by atomic mass is 16.6. The number of aliphatic hydroxyl groups is 1. The van der Waals surface area contributed by atoms with Gasteiger partial charge in [0.2, 0.25) is 0 Å². The maximum Gasteiger partial charge on any atom is 0.331 e. The minimum Gasteiger partial charge on any atom is -0.450 e. The maximum atomic E-state index is 11.5. The fraction of sp³-hybridized carbons (Fsp3) is 0.750. The van der Waals surface area contributed by atoms with Crippen molar-refractivity contribution in [2.24, 2.45) is 0 Å². The highest BCUT2D eigenvalue weighted by molar-refractivity contribution is 5.87. The number of carbonyl (C=O) groups is 1. The van der Waals surface area contributed by atoms with Gasteiger partial charge in [-0.25, -0.2) is 4.79 Å². The van der Waals surface area contributed by atoms with Crippen molar-refractivity contribution in [3.05, 3.63) is 11.6 Å². The summed E-state index contributed by atoms with van der Waals surface area (Å²) >= 11 is 0. The summed E-state index contributed by atoms with van der Waals surface area (Å²) in [4.78, 5) is 13.9. The van der Waals surface area contributed by atoms with E-state index in [0.29, 0.717) is 12.5 Å². The number of esters is 1. The minimum atomic E-state index is -0.470. The molecule has 0 radical (unpaired) electrons. The number of hydrogen-bond acceptors (Lipinski definition) is 4. The molecule has 0 aromatic rings. The lowest BCUT2D eigenvalue weighted by molar-refractivity contribution is -0.176. The molecule has 1 spiro atoms. The first kappa shape index (κ1) is 9.19. The number of piperidine rings is 2. The van der Waals surface area contributed by atoms with Crippen LogP contribution in [0.25, 0.3) is 0 Å². The molecule has 5 aliphatic rings. The van der Waals surface area contributed by atoms with Gasteiger partial charge in [-0.1, -0.05) is 0 Å². The highest BCUT2D eigenvalue weighted by Gasteiger charge is 2.63. The summed E-state index contributed by atoms with van der Waals surface area (Å²) in [5.74, 6) is -0.211. The predicted molar refractivity (Wildman–Crippen MR) is 55.7 cm³/mol. The van der Waals surface area contributed by atoms with Crippen molar-refractivity contribution in [3.8, 4) is 0 Å². The molecule has 4 nitrogen and oxygen atoms in total. The standard InChI is InChI=1S/C12H15NO3/c14-9-6-12-7(5-11(15)16-12)4-8(9)13-3-1-2-10(12)13/h5,8-10,14H,1-4,6H2/t8-,9+,10+,12+/m1/s1. The lowest BCUT2D eigenvalue weighted by Gasteiger charge is -2.56. The van der Waals surface area contributed by atoms with Crippen LogP contribution in [0.4, 0.5) is 0 Å². The molecule has 1 saturated carbocycles. The third-order valence-electron chi connectivity index (χ3n) is 4.76. The van der Waals surface area contributed by atoms with Gasteiger partial charge in [-0.3, -0.25) is 4.90 Å². The molecular weight excluding hydrogens is 206 g/mol. The quantitative estimate of drug-likeness (QED) is 0.594. The van der Waals surface area contributed by atoms with Gasteiger partial charge in [0.25, 0.3) is 0 Å². The van der Waals surface area contributed by atoms with Gasteiger partial charge < -0.3 is 9.84 Å². The smallest absolute Gasteiger partial charge is 0.331 e. The van der Waals surface area contributed by atoms with Crippen LogP contribution in [0.5, 0.6) is 0 Å². The Morgan fingerprint density at radius 1 is 1.56 bits per heavy atom. The molecule has 86 valence electrons. The molecule has 0 aromatic heterocycles. The van der Waals surface area contributed by atoms with Gasteiger partial charge in [0.05, 0.1) is 12.1 Å². The number of rotatable bonds is 0. The van der Waals surface area contributed by atoms with Gasteiger partial charge in [-0.05, 0) is 31.4 Å². The molecule has 1 N–H and O–H groups in total. The van der Waals surface area contributed by atoms with Crippen LogP contribution in [0, 0.1) is 0 Å². The van der Waals surface area contributed by atoms with Crippen LogP contribution in [0.3, 0.4) is 0 Å². The van der Waals surface area contributed by atoms with E-state index >= 15 is 0 Å². The summed E-state index contributed by atoms with van der Waals surface area (Å²) in [6.45, 7) is 1.04. The zero-order valence-electron chi connectivity index (χ0n) is 9.06. The van der Waals surface area contributed by atoms with E-state index in [0.717, 1.165) is 31.4 Å². The SMILES string of the molecule is O=C1C=C2C[C@@H]3[C@@H](O)C[C@@]2(O1)[C@@H]1CCCN31. The molecule has 4 heteroatoms. The molecule has 4 atom stereocenters. The molecule has 0 aromatic carbocycles. The summed E-state index contributed by atoms with van der Waals surface area (Å²) in [6.07, 6.45) is 4.99. The Hall–Kier alpha value is -0.870. The van der Waals surface area contributed by atoms with E-state index in [-0.39, 0.29) is 18.1 Å². The number of carbonyl (C=O) groups excluding carboxylic acids is 1. The zero-order chi connectivity index (χ0) is 10.9. The summed E-state index contributed by atoms with van der Waals surface area (Å²) < 4.78 is 5.59. The lowest BCUT2D eigenvalue weighted by Crippen LogP contribution is -2.68. The van der Waals surface area contributed by atoms with Gasteiger partial charge in [0.1, 0.15) is 0 Å². The Kier molecular flexibility index (Phi) is 1.54. The largest absolute Gasteiger partial charge is 0.450 e. The van der Waals surface area contributed by atoms with E-state index in [1.54, 1.807) is 6.08 Å². The van der Waals surface area contributed by atoms with Crippen LogP contribution in [-0.2, 0) is 9.53 Å². The normalized spacial score (nSPS) is 49.9. The topological polar surface area (TPSA) is 49.8 Å². The number of ether oxygens (including phenoxy) is 1. The Balaban J connectivity index is 1.86. The van der Waals surface area contributed by atoms with Crippen molar-refractivity contribution < 1.29 is 14.6 Å². The zero-order valence-corrected chi connectivity index (χ0v) is 9.06. The fourth-order valence-electron chi connectivity index (χ4n) is 4.19. The van der Waals surface area contributed by atoms with E-state index < -0.39 is 5.60 Å². The van der Waals surface area contributed by atoms with Crippen molar-refractivity contribution in [1.29, 1.82) is 0 Å². The van der Waals surface area contributed by atoms with E-state index in [4.69, 9.17) is 4.74 Å². The first-order valence-electron chi connectivity index (χ1n) is 6.08. The van der Waals surface area contributed by atoms with E-state index in [2.05, 4.69) is 4.90 Å². The van der Waals surface area contributed by atoms with Gasteiger partial charge >= 0.3 is 5.97 Å². The molecule has 0 unspecified atom stereocenters. The number of aliphatic hydroxyl groups excluding tert-OH is 1. The molecule has 16 heavy (non-hydrogen) atoms. The van der Waals surface area contributed by atoms with Crippen LogP contribution in [-0.4, -0.2) is 46.3 Å². The van der Waals surface area contributed by atoms with Gasteiger partial charge in [0, 0.05) is 18.5 Å². The van der Waals surface area contributed by atoms with Crippen molar-refractivity contribution >= 4 is 5.97 Å². The second-order valence-electron chi connectivity index (χ2n) is 5.42. The Bertz CT molecular complexity index is 405. The molecular formula is C12H15NO3. The van der Waals surface area contributed by atoms with Crippen molar-refractivity contribution in [3.63, 3.8) is 0 Å². The first-order chi connectivity index (χ1) is 7.71. The van der Waals surface area contributed by atoms with E-state index in [1.807, 2.05) is 0 Å². The molecule has 0 amide bonds. The van der Waals surface area contributed by atoms with Crippen LogP contribution < -0.4 is 0 Å². The molecule has 3 saturated heterocycles. The average Bonchev–Trinajstić information content (AvgIpc) is 2.79. The second-order valence-corrected chi connectivity index (χ2v) is 5.42. The molecule has 5 rings (SSSR count). The van der Waals surface area contributed by atoms with Gasteiger partial charge in [-0.2, -0.15) is 0 Å². The second kappa shape index (κ2) is 2.68.